The average Bonchev–Trinajstić information content (AvgIpc) is 2.93. The summed E-state index contributed by atoms with van der Waals surface area (Å²) in [6.45, 7) is 4.94. The Hall–Kier alpha value is -3.11. The van der Waals surface area contributed by atoms with Crippen molar-refractivity contribution in [3.05, 3.63) is 100 Å². The number of benzene rings is 2. The first-order valence-corrected chi connectivity index (χ1v) is 13.4. The molecule has 3 N–H and O–H groups in total. The lowest BCUT2D eigenvalue weighted by atomic mass is 9.91. The lowest BCUT2D eigenvalue weighted by Crippen LogP contribution is -2.39. The fourth-order valence-electron chi connectivity index (χ4n) is 4.20. The van der Waals surface area contributed by atoms with E-state index >= 15 is 0 Å². The fraction of sp³-hybridized carbons (Fsp3) is 0.357. The number of rotatable bonds is 9. The molecular weight excluding hydrogens is 490 g/mol. The van der Waals surface area contributed by atoms with Gasteiger partial charge in [-0.3, -0.25) is 0 Å². The number of pyridine rings is 1. The van der Waals surface area contributed by atoms with Gasteiger partial charge in [0.05, 0.1) is 18.8 Å². The third kappa shape index (κ3) is 7.01. The number of carbonyl (C=O) groups excluding carboxylic acids is 1. The molecule has 0 unspecified atom stereocenters. The molecule has 0 bridgehead atoms. The van der Waals surface area contributed by atoms with Crippen molar-refractivity contribution in [1.29, 1.82) is 0 Å². The number of carbonyl (C=O) groups is 1. The highest BCUT2D eigenvalue weighted by atomic mass is 32.2. The highest BCUT2D eigenvalue weighted by Crippen LogP contribution is 2.42. The number of nitrogens with zero attached hydrogens (tertiary/aromatic N) is 1. The maximum absolute atomic E-state index is 12.1. The van der Waals surface area contributed by atoms with Crippen molar-refractivity contribution in [2.24, 2.45) is 5.92 Å². The first kappa shape index (κ1) is 26.9. The number of amides is 2. The van der Waals surface area contributed by atoms with Crippen LogP contribution >= 0.6 is 11.8 Å². The van der Waals surface area contributed by atoms with Crippen LogP contribution in [0.3, 0.4) is 0 Å². The Bertz CT molecular complexity index is 1160. The number of hydrogen-bond acceptors (Lipinski definition) is 6. The van der Waals surface area contributed by atoms with Crippen molar-refractivity contribution >= 4 is 17.8 Å². The summed E-state index contributed by atoms with van der Waals surface area (Å²) in [5.41, 5.74) is 3.69. The van der Waals surface area contributed by atoms with Gasteiger partial charge in [-0.05, 0) is 29.7 Å². The van der Waals surface area contributed by atoms with Gasteiger partial charge in [0.2, 0.25) is 0 Å². The van der Waals surface area contributed by atoms with Gasteiger partial charge in [-0.25, -0.2) is 4.79 Å². The first-order chi connectivity index (χ1) is 18.0. The van der Waals surface area contributed by atoms with E-state index < -0.39 is 6.29 Å². The molecule has 1 aliphatic rings. The third-order valence-electron chi connectivity index (χ3n) is 6.35. The van der Waals surface area contributed by atoms with E-state index in [0.717, 1.165) is 27.0 Å². The van der Waals surface area contributed by atoms with E-state index in [1.165, 1.54) is 18.0 Å². The van der Waals surface area contributed by atoms with Crippen LogP contribution in [0.2, 0.25) is 0 Å². The van der Waals surface area contributed by atoms with Crippen LogP contribution in [-0.4, -0.2) is 29.5 Å². The molecule has 1 aromatic heterocycles. The molecule has 9 heteroatoms. The highest BCUT2D eigenvalue weighted by Gasteiger charge is 2.38. The number of aliphatic hydroxyl groups is 1. The Labute approximate surface area is 221 Å². The molecule has 1 saturated heterocycles. The topological polar surface area (TPSA) is 107 Å². The lowest BCUT2D eigenvalue weighted by molar-refractivity contribution is -0.645. The van der Waals surface area contributed by atoms with Gasteiger partial charge in [0.25, 0.3) is 5.03 Å². The molecule has 2 heterocycles. The normalized spacial score (nSPS) is 21.4. The molecule has 8 nitrogen and oxygen atoms in total. The molecular formula is C28H33N3O5S. The number of nitrogens with one attached hydrogen (secondary N) is 2. The molecule has 2 amide bonds. The van der Waals surface area contributed by atoms with Gasteiger partial charge in [-0.15, -0.1) is 0 Å². The summed E-state index contributed by atoms with van der Waals surface area (Å²) in [6.07, 6.45) is 0.495. The van der Waals surface area contributed by atoms with E-state index in [2.05, 4.69) is 17.6 Å². The van der Waals surface area contributed by atoms with E-state index in [4.69, 9.17) is 9.47 Å². The molecule has 0 spiro atoms. The van der Waals surface area contributed by atoms with Gasteiger partial charge in [0, 0.05) is 42.5 Å². The minimum Gasteiger partial charge on any atom is -0.618 e. The summed E-state index contributed by atoms with van der Waals surface area (Å²) in [6, 6.07) is 20.7. The predicted octanol–water partition coefficient (Wildman–Crippen LogP) is 4.22. The van der Waals surface area contributed by atoms with E-state index in [-0.39, 0.29) is 30.8 Å². The van der Waals surface area contributed by atoms with Crippen LogP contribution in [0.5, 0.6) is 0 Å². The number of thioether (sulfide) groups is 1. The zero-order chi connectivity index (χ0) is 26.2. The molecule has 2 aromatic carbocycles. The maximum Gasteiger partial charge on any atom is 0.315 e. The molecule has 1 fully saturated rings. The second-order valence-corrected chi connectivity index (χ2v) is 9.99. The van der Waals surface area contributed by atoms with Crippen molar-refractivity contribution < 1.29 is 24.1 Å². The highest BCUT2D eigenvalue weighted by molar-refractivity contribution is 7.99. The lowest BCUT2D eigenvalue weighted by Gasteiger charge is -2.41. The molecule has 1 aliphatic heterocycles. The van der Waals surface area contributed by atoms with Crippen LogP contribution in [0.1, 0.15) is 48.5 Å². The summed E-state index contributed by atoms with van der Waals surface area (Å²) >= 11 is 1.46. The molecule has 0 radical (unpaired) electrons. The van der Waals surface area contributed by atoms with Crippen LogP contribution in [0.25, 0.3) is 0 Å². The number of urea groups is 1. The van der Waals surface area contributed by atoms with Crippen LogP contribution in [-0.2, 0) is 22.6 Å². The number of hydrogen-bond donors (Lipinski definition) is 3. The second-order valence-electron chi connectivity index (χ2n) is 8.95. The zero-order valence-electron chi connectivity index (χ0n) is 21.0. The summed E-state index contributed by atoms with van der Waals surface area (Å²) < 4.78 is 13.8. The van der Waals surface area contributed by atoms with Crippen LogP contribution in [0.4, 0.5) is 4.79 Å². The molecule has 4 rings (SSSR count). The monoisotopic (exact) mass is 523 g/mol. The Morgan fingerprint density at radius 1 is 1.00 bits per heavy atom. The van der Waals surface area contributed by atoms with Crippen molar-refractivity contribution in [1.82, 2.24) is 10.6 Å². The third-order valence-corrected chi connectivity index (χ3v) is 7.46. The molecule has 196 valence electrons. The SMILES string of the molecule is CCNC(=O)NCc1ccc([C@H]2O[C@@H](CSc3cccc[n+]3[O-])[C@@H](C)[C@@H](c3ccc(CO)cc3)O2)cc1. The van der Waals surface area contributed by atoms with Crippen LogP contribution < -0.4 is 15.4 Å². The number of ether oxygens (including phenoxy) is 2. The van der Waals surface area contributed by atoms with Gasteiger partial charge in [0.1, 0.15) is 0 Å². The van der Waals surface area contributed by atoms with Gasteiger partial charge < -0.3 is 30.4 Å². The summed E-state index contributed by atoms with van der Waals surface area (Å²) in [7, 11) is 0. The largest absolute Gasteiger partial charge is 0.618 e. The summed E-state index contributed by atoms with van der Waals surface area (Å²) in [4.78, 5) is 11.7. The van der Waals surface area contributed by atoms with Crippen molar-refractivity contribution in [2.45, 2.75) is 50.5 Å². The van der Waals surface area contributed by atoms with E-state index in [9.17, 15) is 15.1 Å². The predicted molar refractivity (Wildman–Crippen MR) is 141 cm³/mol. The van der Waals surface area contributed by atoms with Gasteiger partial charge in [-0.2, -0.15) is 4.73 Å². The van der Waals surface area contributed by atoms with Gasteiger partial charge in [-0.1, -0.05) is 67.2 Å². The average molecular weight is 524 g/mol. The van der Waals surface area contributed by atoms with Crippen molar-refractivity contribution in [2.75, 3.05) is 12.3 Å². The van der Waals surface area contributed by atoms with Gasteiger partial charge in [0.15, 0.2) is 12.5 Å². The van der Waals surface area contributed by atoms with Crippen molar-refractivity contribution in [3.8, 4) is 0 Å². The Balaban J connectivity index is 1.52. The summed E-state index contributed by atoms with van der Waals surface area (Å²) in [5.74, 6) is 0.612. The number of aliphatic hydroxyl groups excluding tert-OH is 1. The second kappa shape index (κ2) is 12.9. The van der Waals surface area contributed by atoms with Crippen molar-refractivity contribution in [3.63, 3.8) is 0 Å². The Kier molecular flexibility index (Phi) is 9.40. The zero-order valence-corrected chi connectivity index (χ0v) is 21.8. The van der Waals surface area contributed by atoms with E-state index in [1.54, 1.807) is 12.1 Å². The minimum atomic E-state index is -0.593. The van der Waals surface area contributed by atoms with E-state index in [0.29, 0.717) is 23.9 Å². The smallest absolute Gasteiger partial charge is 0.315 e. The molecule has 3 aromatic rings. The van der Waals surface area contributed by atoms with Gasteiger partial charge >= 0.3 is 6.03 Å². The molecule has 4 atom stereocenters. The first-order valence-electron chi connectivity index (χ1n) is 12.4. The standard InChI is InChI=1S/C28H33N3O5S/c1-3-29-28(33)30-16-20-7-13-23(14-8-20)27-35-24(18-37-25-6-4-5-15-31(25)34)19(2)26(36-27)22-11-9-21(17-32)10-12-22/h4-15,19,24,26-27,32H,3,16-18H2,1-2H3,(H2,29,30,33)/t19-,24+,26+,27+/m1/s1. The maximum atomic E-state index is 12.1. The Morgan fingerprint density at radius 3 is 2.38 bits per heavy atom. The number of aromatic nitrogens is 1. The van der Waals surface area contributed by atoms with Crippen LogP contribution in [0.15, 0.2) is 78.0 Å². The molecule has 37 heavy (non-hydrogen) atoms. The van der Waals surface area contributed by atoms with Crippen LogP contribution in [0, 0.1) is 11.1 Å². The molecule has 0 aliphatic carbocycles. The quantitative estimate of drug-likeness (QED) is 0.220. The van der Waals surface area contributed by atoms with E-state index in [1.807, 2.05) is 61.5 Å². The molecule has 0 saturated carbocycles. The Morgan fingerprint density at radius 2 is 1.70 bits per heavy atom. The minimum absolute atomic E-state index is 0.0139. The fourth-order valence-corrected chi connectivity index (χ4v) is 5.28. The summed E-state index contributed by atoms with van der Waals surface area (Å²) in [5, 5.41) is 27.7.